The summed E-state index contributed by atoms with van der Waals surface area (Å²) in [4.78, 5) is 23.4. The van der Waals surface area contributed by atoms with Gasteiger partial charge in [-0.05, 0) is 48.9 Å². The molecular formula is C25H27N7O. The summed E-state index contributed by atoms with van der Waals surface area (Å²) in [5.41, 5.74) is 13.0. The largest absolute Gasteiger partial charge is 0.491 e. The summed E-state index contributed by atoms with van der Waals surface area (Å²) in [5.74, 6) is 3.09. The minimum atomic E-state index is 0.374. The second kappa shape index (κ2) is 8.03. The summed E-state index contributed by atoms with van der Waals surface area (Å²) >= 11 is 0. The van der Waals surface area contributed by atoms with Gasteiger partial charge in [0, 0.05) is 35.1 Å². The number of fused-ring (bicyclic) bond motifs is 3. The van der Waals surface area contributed by atoms with Crippen LogP contribution in [0.1, 0.15) is 36.6 Å². The average molecular weight is 442 g/mol. The highest BCUT2D eigenvalue weighted by Crippen LogP contribution is 2.35. The molecule has 2 aliphatic rings. The molecule has 4 aromatic rings. The van der Waals surface area contributed by atoms with E-state index in [4.69, 9.17) is 15.5 Å². The van der Waals surface area contributed by atoms with E-state index in [9.17, 15) is 0 Å². The number of H-pyrrole nitrogens is 1. The van der Waals surface area contributed by atoms with Crippen LogP contribution in [0.25, 0.3) is 22.3 Å². The van der Waals surface area contributed by atoms with Crippen LogP contribution in [0.2, 0.25) is 0 Å². The fraction of sp³-hybridized carbons (Fsp3) is 0.360. The van der Waals surface area contributed by atoms with Crippen LogP contribution in [0, 0.1) is 5.92 Å². The van der Waals surface area contributed by atoms with Gasteiger partial charge in [-0.3, -0.25) is 0 Å². The molecule has 0 unspecified atom stereocenters. The molecule has 0 saturated heterocycles. The molecule has 0 spiro atoms. The van der Waals surface area contributed by atoms with Crippen LogP contribution in [0.15, 0.2) is 36.8 Å². The van der Waals surface area contributed by atoms with Gasteiger partial charge in [-0.2, -0.15) is 4.98 Å². The van der Waals surface area contributed by atoms with Gasteiger partial charge in [0.25, 0.3) is 0 Å². The number of rotatable bonds is 3. The third kappa shape index (κ3) is 3.65. The second-order valence-electron chi connectivity index (χ2n) is 8.95. The molecule has 0 saturated carbocycles. The highest BCUT2D eigenvalue weighted by molar-refractivity contribution is 5.79. The van der Waals surface area contributed by atoms with Crippen molar-refractivity contribution in [2.75, 3.05) is 23.8 Å². The fourth-order valence-electron chi connectivity index (χ4n) is 5.05. The van der Waals surface area contributed by atoms with Gasteiger partial charge in [0.15, 0.2) is 11.6 Å². The fourth-order valence-corrected chi connectivity index (χ4v) is 5.05. The average Bonchev–Trinajstić information content (AvgIpc) is 3.09. The first-order chi connectivity index (χ1) is 16.2. The van der Waals surface area contributed by atoms with Gasteiger partial charge in [-0.1, -0.05) is 19.4 Å². The molecule has 6 rings (SSSR count). The van der Waals surface area contributed by atoms with Gasteiger partial charge < -0.3 is 20.4 Å². The number of nitrogens with two attached hydrogens (primary N) is 1. The Bertz CT molecular complexity index is 1330. The van der Waals surface area contributed by atoms with Crippen molar-refractivity contribution in [1.29, 1.82) is 0 Å². The maximum atomic E-state index is 6.11. The quantitative estimate of drug-likeness (QED) is 0.496. The first-order valence-electron chi connectivity index (χ1n) is 11.6. The Balaban J connectivity index is 1.34. The first-order valence-corrected chi connectivity index (χ1v) is 11.6. The SMILES string of the molecule is CC[C@H]1CCc2c(ncnc2N2CCOc3ccc(-c4cnc5nc(N)[nH]c5c4)cc3C2)C1. The molecule has 1 aliphatic carbocycles. The van der Waals surface area contributed by atoms with E-state index in [0.29, 0.717) is 18.2 Å². The van der Waals surface area contributed by atoms with Crippen molar-refractivity contribution in [2.24, 2.45) is 5.92 Å². The van der Waals surface area contributed by atoms with Gasteiger partial charge in [-0.15, -0.1) is 0 Å². The Kier molecular flexibility index (Phi) is 4.86. The lowest BCUT2D eigenvalue weighted by atomic mass is 9.85. The molecule has 3 aromatic heterocycles. The van der Waals surface area contributed by atoms with E-state index >= 15 is 0 Å². The van der Waals surface area contributed by atoms with Gasteiger partial charge in [0.05, 0.1) is 12.1 Å². The maximum absolute atomic E-state index is 6.11. The summed E-state index contributed by atoms with van der Waals surface area (Å²) in [5, 5.41) is 0. The van der Waals surface area contributed by atoms with E-state index in [2.05, 4.69) is 50.0 Å². The number of nitrogens with one attached hydrogen (secondary N) is 1. The predicted molar refractivity (Wildman–Crippen MR) is 128 cm³/mol. The van der Waals surface area contributed by atoms with Crippen molar-refractivity contribution in [2.45, 2.75) is 39.2 Å². The highest BCUT2D eigenvalue weighted by atomic mass is 16.5. The Labute approximate surface area is 192 Å². The van der Waals surface area contributed by atoms with Crippen molar-refractivity contribution < 1.29 is 4.74 Å². The van der Waals surface area contributed by atoms with Crippen LogP contribution < -0.4 is 15.4 Å². The lowest BCUT2D eigenvalue weighted by Gasteiger charge is -2.29. The van der Waals surface area contributed by atoms with E-state index in [-0.39, 0.29) is 0 Å². The molecule has 0 fully saturated rings. The smallest absolute Gasteiger partial charge is 0.200 e. The number of pyridine rings is 1. The summed E-state index contributed by atoms with van der Waals surface area (Å²) < 4.78 is 6.11. The zero-order valence-electron chi connectivity index (χ0n) is 18.7. The molecule has 4 heterocycles. The Morgan fingerprint density at radius 3 is 3.03 bits per heavy atom. The maximum Gasteiger partial charge on any atom is 0.200 e. The number of nitrogen functional groups attached to an aromatic ring is 1. The van der Waals surface area contributed by atoms with E-state index in [1.165, 1.54) is 24.1 Å². The zero-order chi connectivity index (χ0) is 22.4. The molecule has 3 N–H and O–H groups in total. The second-order valence-corrected chi connectivity index (χ2v) is 8.95. The molecule has 168 valence electrons. The molecule has 1 aliphatic heterocycles. The Hall–Kier alpha value is -3.68. The number of anilines is 2. The number of hydrogen-bond acceptors (Lipinski definition) is 7. The summed E-state index contributed by atoms with van der Waals surface area (Å²) in [6.45, 7) is 4.44. The van der Waals surface area contributed by atoms with Gasteiger partial charge in [0.2, 0.25) is 0 Å². The first kappa shape index (κ1) is 20.0. The van der Waals surface area contributed by atoms with Crippen molar-refractivity contribution in [3.05, 3.63) is 53.6 Å². The Morgan fingerprint density at radius 2 is 2.12 bits per heavy atom. The van der Waals surface area contributed by atoms with Crippen LogP contribution >= 0.6 is 0 Å². The van der Waals surface area contributed by atoms with Gasteiger partial charge in [-0.25, -0.2) is 15.0 Å². The highest BCUT2D eigenvalue weighted by Gasteiger charge is 2.26. The van der Waals surface area contributed by atoms with Crippen LogP contribution in [0.3, 0.4) is 0 Å². The summed E-state index contributed by atoms with van der Waals surface area (Å²) in [7, 11) is 0. The number of aromatic nitrogens is 5. The van der Waals surface area contributed by atoms with E-state index in [0.717, 1.165) is 65.6 Å². The van der Waals surface area contributed by atoms with Crippen molar-refractivity contribution in [3.8, 4) is 16.9 Å². The summed E-state index contributed by atoms with van der Waals surface area (Å²) in [6, 6.07) is 8.36. The lowest BCUT2D eigenvalue weighted by Crippen LogP contribution is -2.29. The monoisotopic (exact) mass is 441 g/mol. The molecule has 8 nitrogen and oxygen atoms in total. The minimum absolute atomic E-state index is 0.374. The van der Waals surface area contributed by atoms with E-state index in [1.807, 2.05) is 12.3 Å². The molecule has 0 amide bonds. The molecule has 1 atom stereocenters. The zero-order valence-corrected chi connectivity index (χ0v) is 18.7. The van der Waals surface area contributed by atoms with E-state index in [1.54, 1.807) is 6.33 Å². The number of hydrogen-bond donors (Lipinski definition) is 2. The Morgan fingerprint density at radius 1 is 1.18 bits per heavy atom. The van der Waals surface area contributed by atoms with Gasteiger partial charge >= 0.3 is 0 Å². The standard InChI is InChI=1S/C25H27N7O/c1-2-15-3-5-19-20(9-15)28-14-29-24(19)32-7-8-33-22-6-4-16(10-18(22)13-32)17-11-21-23(27-12-17)31-25(26)30-21/h4,6,10-12,14-15H,2-3,5,7-9,13H2,1H3,(H3,26,27,30,31)/t15-/m0/s1. The normalized spacial score (nSPS) is 17.8. The number of benzene rings is 1. The van der Waals surface area contributed by atoms with Crippen LogP contribution in [0.4, 0.5) is 11.8 Å². The van der Waals surface area contributed by atoms with Crippen molar-refractivity contribution >= 4 is 22.9 Å². The molecule has 33 heavy (non-hydrogen) atoms. The molecule has 8 heteroatoms. The molecular weight excluding hydrogens is 414 g/mol. The summed E-state index contributed by atoms with van der Waals surface area (Å²) in [6.07, 6.45) is 8.09. The van der Waals surface area contributed by atoms with Crippen LogP contribution in [-0.2, 0) is 19.4 Å². The predicted octanol–water partition coefficient (Wildman–Crippen LogP) is 3.91. The number of aromatic amines is 1. The number of ether oxygens (including phenoxy) is 1. The van der Waals surface area contributed by atoms with Crippen molar-refractivity contribution in [1.82, 2.24) is 24.9 Å². The molecule has 0 radical (unpaired) electrons. The minimum Gasteiger partial charge on any atom is -0.491 e. The molecule has 1 aromatic carbocycles. The van der Waals surface area contributed by atoms with Gasteiger partial charge in [0.1, 0.15) is 24.5 Å². The van der Waals surface area contributed by atoms with E-state index < -0.39 is 0 Å². The van der Waals surface area contributed by atoms with Crippen molar-refractivity contribution in [3.63, 3.8) is 0 Å². The van der Waals surface area contributed by atoms with Crippen LogP contribution in [0.5, 0.6) is 5.75 Å². The van der Waals surface area contributed by atoms with Crippen LogP contribution in [-0.4, -0.2) is 38.1 Å². The number of nitrogens with zero attached hydrogens (tertiary/aromatic N) is 5. The topological polar surface area (TPSA) is 106 Å². The third-order valence-electron chi connectivity index (χ3n) is 6.90. The molecule has 0 bridgehead atoms. The number of imidazole rings is 1. The third-order valence-corrected chi connectivity index (χ3v) is 6.90. The lowest BCUT2D eigenvalue weighted by molar-refractivity contribution is 0.331.